The van der Waals surface area contributed by atoms with Crippen LogP contribution in [-0.2, 0) is 6.54 Å². The Morgan fingerprint density at radius 2 is 1.80 bits per heavy atom. The van der Waals surface area contributed by atoms with Gasteiger partial charge in [-0.25, -0.2) is 14.4 Å². The van der Waals surface area contributed by atoms with Crippen LogP contribution in [-0.4, -0.2) is 22.9 Å². The number of carbonyl (C=O) groups excluding carboxylic acids is 1. The second-order valence-corrected chi connectivity index (χ2v) is 5.54. The summed E-state index contributed by atoms with van der Waals surface area (Å²) < 4.78 is 13.7. The SMILES string of the molecule is CN(Cc1ccccc1)c1cc(C(=O)Nc2ccccc2F)ncn1. The fraction of sp³-hybridized carbons (Fsp3) is 0.105. The van der Waals surface area contributed by atoms with Gasteiger partial charge in [0.1, 0.15) is 23.7 Å². The number of hydrogen-bond acceptors (Lipinski definition) is 4. The van der Waals surface area contributed by atoms with E-state index >= 15 is 0 Å². The van der Waals surface area contributed by atoms with Gasteiger partial charge in [0.15, 0.2) is 0 Å². The molecule has 1 N–H and O–H groups in total. The first-order valence-electron chi connectivity index (χ1n) is 7.76. The summed E-state index contributed by atoms with van der Waals surface area (Å²) >= 11 is 0. The first-order valence-corrected chi connectivity index (χ1v) is 7.76. The van der Waals surface area contributed by atoms with Crippen molar-refractivity contribution in [1.82, 2.24) is 9.97 Å². The van der Waals surface area contributed by atoms with E-state index in [0.717, 1.165) is 5.56 Å². The molecule has 0 saturated heterocycles. The third-order valence-corrected chi connectivity index (χ3v) is 3.66. The lowest BCUT2D eigenvalue weighted by Crippen LogP contribution is -2.20. The summed E-state index contributed by atoms with van der Waals surface area (Å²) in [5.74, 6) is -0.370. The van der Waals surface area contributed by atoms with E-state index in [1.54, 1.807) is 18.2 Å². The zero-order chi connectivity index (χ0) is 17.6. The van der Waals surface area contributed by atoms with Crippen LogP contribution in [0.1, 0.15) is 16.1 Å². The van der Waals surface area contributed by atoms with Crippen LogP contribution in [0.25, 0.3) is 0 Å². The Bertz CT molecular complexity index is 870. The minimum atomic E-state index is -0.494. The summed E-state index contributed by atoms with van der Waals surface area (Å²) in [5, 5.41) is 2.52. The van der Waals surface area contributed by atoms with Crippen molar-refractivity contribution in [2.24, 2.45) is 0 Å². The van der Waals surface area contributed by atoms with Gasteiger partial charge in [-0.1, -0.05) is 42.5 Å². The number of halogens is 1. The molecule has 2 aromatic carbocycles. The van der Waals surface area contributed by atoms with Gasteiger partial charge in [0, 0.05) is 19.7 Å². The summed E-state index contributed by atoms with van der Waals surface area (Å²) in [5.41, 5.74) is 1.42. The quantitative estimate of drug-likeness (QED) is 0.775. The Morgan fingerprint density at radius 3 is 2.56 bits per heavy atom. The predicted octanol–water partition coefficient (Wildman–Crippen LogP) is 3.50. The fourth-order valence-electron chi connectivity index (χ4n) is 2.37. The van der Waals surface area contributed by atoms with Crippen LogP contribution in [0.5, 0.6) is 0 Å². The van der Waals surface area contributed by atoms with Gasteiger partial charge in [0.25, 0.3) is 5.91 Å². The van der Waals surface area contributed by atoms with Gasteiger partial charge in [-0.2, -0.15) is 0 Å². The third kappa shape index (κ3) is 4.17. The van der Waals surface area contributed by atoms with E-state index in [4.69, 9.17) is 0 Å². The van der Waals surface area contributed by atoms with E-state index in [1.165, 1.54) is 18.5 Å². The van der Waals surface area contributed by atoms with Crippen LogP contribution >= 0.6 is 0 Å². The smallest absolute Gasteiger partial charge is 0.274 e. The lowest BCUT2D eigenvalue weighted by Gasteiger charge is -2.18. The van der Waals surface area contributed by atoms with E-state index in [2.05, 4.69) is 15.3 Å². The summed E-state index contributed by atoms with van der Waals surface area (Å²) in [6.45, 7) is 0.645. The molecule has 1 amide bonds. The number of anilines is 2. The van der Waals surface area contributed by atoms with Crippen molar-refractivity contribution in [3.8, 4) is 0 Å². The molecule has 3 aromatic rings. The van der Waals surface area contributed by atoms with Crippen molar-refractivity contribution >= 4 is 17.4 Å². The van der Waals surface area contributed by atoms with Gasteiger partial charge >= 0.3 is 0 Å². The maximum atomic E-state index is 13.7. The lowest BCUT2D eigenvalue weighted by atomic mass is 10.2. The zero-order valence-corrected chi connectivity index (χ0v) is 13.7. The largest absolute Gasteiger partial charge is 0.355 e. The highest BCUT2D eigenvalue weighted by Gasteiger charge is 2.13. The standard InChI is InChI=1S/C19H17FN4O/c1-24(12-14-7-3-2-4-8-14)18-11-17(21-13-22-18)19(25)23-16-10-6-5-9-15(16)20/h2-11,13H,12H2,1H3,(H,23,25). The molecule has 0 unspecified atom stereocenters. The normalized spacial score (nSPS) is 10.3. The van der Waals surface area contributed by atoms with Crippen molar-refractivity contribution in [2.75, 3.05) is 17.3 Å². The van der Waals surface area contributed by atoms with Crippen molar-refractivity contribution in [1.29, 1.82) is 0 Å². The van der Waals surface area contributed by atoms with Crippen molar-refractivity contribution in [3.63, 3.8) is 0 Å². The molecule has 0 saturated carbocycles. The molecule has 0 radical (unpaired) electrons. The molecule has 0 bridgehead atoms. The van der Waals surface area contributed by atoms with Crippen LogP contribution in [0.15, 0.2) is 67.0 Å². The highest BCUT2D eigenvalue weighted by Crippen LogP contribution is 2.16. The average Bonchev–Trinajstić information content (AvgIpc) is 2.64. The summed E-state index contributed by atoms with van der Waals surface area (Å²) in [7, 11) is 1.88. The van der Waals surface area contributed by atoms with Gasteiger partial charge in [-0.3, -0.25) is 4.79 Å². The third-order valence-electron chi connectivity index (χ3n) is 3.66. The molecular weight excluding hydrogens is 319 g/mol. The van der Waals surface area contributed by atoms with E-state index in [0.29, 0.717) is 12.4 Å². The number of aromatic nitrogens is 2. The number of rotatable bonds is 5. The van der Waals surface area contributed by atoms with E-state index in [9.17, 15) is 9.18 Å². The minimum absolute atomic E-state index is 0.116. The van der Waals surface area contributed by atoms with Crippen molar-refractivity contribution in [3.05, 3.63) is 84.1 Å². The summed E-state index contributed by atoms with van der Waals surface area (Å²) in [6, 6.07) is 17.5. The molecule has 0 aliphatic heterocycles. The van der Waals surface area contributed by atoms with E-state index in [1.807, 2.05) is 42.3 Å². The second kappa shape index (κ2) is 7.53. The van der Waals surface area contributed by atoms with Crippen LogP contribution in [0, 0.1) is 5.82 Å². The first kappa shape index (κ1) is 16.6. The number of hydrogen-bond donors (Lipinski definition) is 1. The molecule has 126 valence electrons. The molecule has 0 fully saturated rings. The molecule has 1 heterocycles. The molecular formula is C19H17FN4O. The number of nitrogens with zero attached hydrogens (tertiary/aromatic N) is 3. The summed E-state index contributed by atoms with van der Waals surface area (Å²) in [6.07, 6.45) is 1.33. The Balaban J connectivity index is 1.74. The van der Waals surface area contributed by atoms with Crippen LogP contribution in [0.2, 0.25) is 0 Å². The highest BCUT2D eigenvalue weighted by atomic mass is 19.1. The van der Waals surface area contributed by atoms with Crippen molar-refractivity contribution in [2.45, 2.75) is 6.54 Å². The Kier molecular flexibility index (Phi) is 4.99. The Hall–Kier alpha value is -3.28. The van der Waals surface area contributed by atoms with E-state index < -0.39 is 11.7 Å². The number of para-hydroxylation sites is 1. The maximum Gasteiger partial charge on any atom is 0.274 e. The molecule has 0 aliphatic carbocycles. The Labute approximate surface area is 145 Å². The monoisotopic (exact) mass is 336 g/mol. The first-order chi connectivity index (χ1) is 12.1. The predicted molar refractivity (Wildman–Crippen MR) is 94.9 cm³/mol. The molecule has 0 aliphatic rings. The maximum absolute atomic E-state index is 13.7. The molecule has 5 nitrogen and oxygen atoms in total. The molecule has 3 rings (SSSR count). The van der Waals surface area contributed by atoms with Gasteiger partial charge in [0.2, 0.25) is 0 Å². The summed E-state index contributed by atoms with van der Waals surface area (Å²) in [4.78, 5) is 22.4. The minimum Gasteiger partial charge on any atom is -0.355 e. The number of carbonyl (C=O) groups is 1. The zero-order valence-electron chi connectivity index (χ0n) is 13.7. The molecule has 0 spiro atoms. The van der Waals surface area contributed by atoms with Crippen LogP contribution in [0.3, 0.4) is 0 Å². The van der Waals surface area contributed by atoms with Gasteiger partial charge < -0.3 is 10.2 Å². The van der Waals surface area contributed by atoms with Gasteiger partial charge in [0.05, 0.1) is 5.69 Å². The number of benzene rings is 2. The number of nitrogens with one attached hydrogen (secondary N) is 1. The number of amides is 1. The highest BCUT2D eigenvalue weighted by molar-refractivity contribution is 6.03. The van der Waals surface area contributed by atoms with Crippen molar-refractivity contribution < 1.29 is 9.18 Å². The van der Waals surface area contributed by atoms with Gasteiger partial charge in [-0.05, 0) is 17.7 Å². The average molecular weight is 336 g/mol. The second-order valence-electron chi connectivity index (χ2n) is 5.54. The fourth-order valence-corrected chi connectivity index (χ4v) is 2.37. The van der Waals surface area contributed by atoms with E-state index in [-0.39, 0.29) is 11.4 Å². The molecule has 0 atom stereocenters. The van der Waals surface area contributed by atoms with Gasteiger partial charge in [-0.15, -0.1) is 0 Å². The Morgan fingerprint density at radius 1 is 1.08 bits per heavy atom. The molecule has 6 heteroatoms. The molecule has 1 aromatic heterocycles. The lowest BCUT2D eigenvalue weighted by molar-refractivity contribution is 0.102. The van der Waals surface area contributed by atoms with Crippen LogP contribution < -0.4 is 10.2 Å². The topological polar surface area (TPSA) is 58.1 Å². The molecule has 25 heavy (non-hydrogen) atoms. The van der Waals surface area contributed by atoms with Crippen LogP contribution in [0.4, 0.5) is 15.9 Å².